The van der Waals surface area contributed by atoms with E-state index in [0.717, 1.165) is 13.0 Å². The Labute approximate surface area is 99.2 Å². The molecule has 1 aliphatic carbocycles. The van der Waals surface area contributed by atoms with Crippen LogP contribution < -0.4 is 5.32 Å². The van der Waals surface area contributed by atoms with E-state index >= 15 is 0 Å². The number of rotatable bonds is 6. The van der Waals surface area contributed by atoms with E-state index in [9.17, 15) is 0 Å². The van der Waals surface area contributed by atoms with Crippen LogP contribution in [0, 0.1) is 5.41 Å². The molecule has 2 N–H and O–H groups in total. The summed E-state index contributed by atoms with van der Waals surface area (Å²) in [6, 6.07) is 1.36. The van der Waals surface area contributed by atoms with E-state index in [2.05, 4.69) is 24.1 Å². The third kappa shape index (κ3) is 2.96. The Bertz CT molecular complexity index is 226. The highest BCUT2D eigenvalue weighted by molar-refractivity contribution is 4.96. The molecule has 1 atom stereocenters. The Hall–Kier alpha value is -0.120. The first-order chi connectivity index (χ1) is 7.65. The van der Waals surface area contributed by atoms with Crippen molar-refractivity contribution >= 4 is 0 Å². The van der Waals surface area contributed by atoms with Crippen LogP contribution in [-0.2, 0) is 0 Å². The predicted octanol–water partition coefficient (Wildman–Crippen LogP) is 1.22. The minimum Gasteiger partial charge on any atom is -0.396 e. The van der Waals surface area contributed by atoms with Crippen molar-refractivity contribution < 1.29 is 5.11 Å². The topological polar surface area (TPSA) is 35.5 Å². The molecule has 0 aromatic heterocycles. The van der Waals surface area contributed by atoms with E-state index in [1.807, 2.05) is 0 Å². The average Bonchev–Trinajstić information content (AvgIpc) is 2.84. The lowest BCUT2D eigenvalue weighted by molar-refractivity contribution is 0.238. The Morgan fingerprint density at radius 1 is 1.44 bits per heavy atom. The fourth-order valence-corrected chi connectivity index (χ4v) is 2.71. The first-order valence-electron chi connectivity index (χ1n) is 6.73. The van der Waals surface area contributed by atoms with Crippen LogP contribution in [0.15, 0.2) is 0 Å². The van der Waals surface area contributed by atoms with Crippen molar-refractivity contribution in [3.05, 3.63) is 0 Å². The SMILES string of the molecule is CC(C)N1CCC(NCC2(CCO)CC2)C1. The molecule has 0 radical (unpaired) electrons. The molecule has 2 aliphatic rings. The van der Waals surface area contributed by atoms with Gasteiger partial charge in [-0.25, -0.2) is 0 Å². The summed E-state index contributed by atoms with van der Waals surface area (Å²) in [6.07, 6.45) is 4.89. The molecular formula is C13H26N2O. The van der Waals surface area contributed by atoms with Crippen LogP contribution in [0.4, 0.5) is 0 Å². The second kappa shape index (κ2) is 5.03. The van der Waals surface area contributed by atoms with Gasteiger partial charge in [-0.05, 0) is 51.5 Å². The minimum absolute atomic E-state index is 0.352. The van der Waals surface area contributed by atoms with E-state index in [4.69, 9.17) is 5.11 Å². The molecule has 3 nitrogen and oxygen atoms in total. The van der Waals surface area contributed by atoms with Gasteiger partial charge in [0.05, 0.1) is 0 Å². The molecule has 0 spiro atoms. The molecule has 3 heteroatoms. The van der Waals surface area contributed by atoms with Crippen LogP contribution in [-0.4, -0.2) is 48.3 Å². The number of nitrogens with zero attached hydrogens (tertiary/aromatic N) is 1. The van der Waals surface area contributed by atoms with Crippen LogP contribution >= 0.6 is 0 Å². The molecular weight excluding hydrogens is 200 g/mol. The Kier molecular flexibility index (Phi) is 3.88. The third-order valence-electron chi connectivity index (χ3n) is 4.31. The fraction of sp³-hybridized carbons (Fsp3) is 1.00. The zero-order chi connectivity index (χ0) is 11.6. The van der Waals surface area contributed by atoms with Gasteiger partial charge in [0.25, 0.3) is 0 Å². The summed E-state index contributed by atoms with van der Waals surface area (Å²) in [5.41, 5.74) is 0.458. The van der Waals surface area contributed by atoms with Crippen LogP contribution in [0.2, 0.25) is 0 Å². The van der Waals surface area contributed by atoms with Crippen molar-refractivity contribution in [1.29, 1.82) is 0 Å². The zero-order valence-corrected chi connectivity index (χ0v) is 10.7. The first-order valence-corrected chi connectivity index (χ1v) is 6.73. The van der Waals surface area contributed by atoms with Gasteiger partial charge in [-0.15, -0.1) is 0 Å². The highest BCUT2D eigenvalue weighted by Crippen LogP contribution is 2.48. The molecule has 2 fully saturated rings. The van der Waals surface area contributed by atoms with E-state index in [-0.39, 0.29) is 0 Å². The van der Waals surface area contributed by atoms with Crippen molar-refractivity contribution in [2.24, 2.45) is 5.41 Å². The Balaban J connectivity index is 1.68. The number of hydrogen-bond acceptors (Lipinski definition) is 3. The molecule has 16 heavy (non-hydrogen) atoms. The first kappa shape index (κ1) is 12.3. The zero-order valence-electron chi connectivity index (χ0n) is 10.7. The molecule has 94 valence electrons. The molecule has 1 unspecified atom stereocenters. The second-order valence-corrected chi connectivity index (χ2v) is 5.93. The maximum absolute atomic E-state index is 9.01. The van der Waals surface area contributed by atoms with Crippen molar-refractivity contribution in [3.63, 3.8) is 0 Å². The summed E-state index contributed by atoms with van der Waals surface area (Å²) in [4.78, 5) is 2.54. The van der Waals surface area contributed by atoms with Gasteiger partial charge in [-0.2, -0.15) is 0 Å². The van der Waals surface area contributed by atoms with Crippen molar-refractivity contribution in [2.75, 3.05) is 26.2 Å². The summed E-state index contributed by atoms with van der Waals surface area (Å²) in [6.45, 7) is 8.46. The lowest BCUT2D eigenvalue weighted by Gasteiger charge is -2.22. The standard InChI is InChI=1S/C13H26N2O/c1-11(2)15-7-3-12(9-15)14-10-13(4-5-13)6-8-16/h11-12,14,16H,3-10H2,1-2H3. The third-order valence-corrected chi connectivity index (χ3v) is 4.31. The van der Waals surface area contributed by atoms with Gasteiger partial charge in [0, 0.05) is 31.8 Å². The largest absolute Gasteiger partial charge is 0.396 e. The van der Waals surface area contributed by atoms with Crippen molar-refractivity contribution in [2.45, 2.75) is 51.6 Å². The molecule has 1 saturated carbocycles. The summed E-state index contributed by atoms with van der Waals surface area (Å²) in [5.74, 6) is 0. The number of nitrogens with one attached hydrogen (secondary N) is 1. The van der Waals surface area contributed by atoms with Crippen molar-refractivity contribution in [1.82, 2.24) is 10.2 Å². The van der Waals surface area contributed by atoms with E-state index < -0.39 is 0 Å². The molecule has 1 saturated heterocycles. The molecule has 0 aromatic carbocycles. The number of aliphatic hydroxyl groups excluding tert-OH is 1. The highest BCUT2D eigenvalue weighted by atomic mass is 16.3. The normalized spacial score (nSPS) is 28.9. The van der Waals surface area contributed by atoms with Crippen molar-refractivity contribution in [3.8, 4) is 0 Å². The Morgan fingerprint density at radius 3 is 2.69 bits per heavy atom. The lowest BCUT2D eigenvalue weighted by atomic mass is 10.0. The fourth-order valence-electron chi connectivity index (χ4n) is 2.71. The van der Waals surface area contributed by atoms with Gasteiger partial charge in [0.1, 0.15) is 0 Å². The maximum atomic E-state index is 9.01. The van der Waals surface area contributed by atoms with Gasteiger partial charge < -0.3 is 10.4 Å². The van der Waals surface area contributed by atoms with Crippen LogP contribution in [0.5, 0.6) is 0 Å². The quantitative estimate of drug-likeness (QED) is 0.715. The van der Waals surface area contributed by atoms with Crippen LogP contribution in [0.25, 0.3) is 0 Å². The van der Waals surface area contributed by atoms with E-state index in [1.165, 1.54) is 32.4 Å². The summed E-state index contributed by atoms with van der Waals surface area (Å²) in [7, 11) is 0. The minimum atomic E-state index is 0.352. The van der Waals surface area contributed by atoms with E-state index in [1.54, 1.807) is 0 Å². The average molecular weight is 226 g/mol. The van der Waals surface area contributed by atoms with E-state index in [0.29, 0.717) is 24.1 Å². The molecule has 1 heterocycles. The molecule has 0 amide bonds. The summed E-state index contributed by atoms with van der Waals surface area (Å²) >= 11 is 0. The molecule has 0 aromatic rings. The maximum Gasteiger partial charge on any atom is 0.0436 e. The monoisotopic (exact) mass is 226 g/mol. The predicted molar refractivity (Wildman–Crippen MR) is 66.5 cm³/mol. The van der Waals surface area contributed by atoms with Crippen LogP contribution in [0.1, 0.15) is 39.5 Å². The van der Waals surface area contributed by atoms with Gasteiger partial charge in [0.2, 0.25) is 0 Å². The highest BCUT2D eigenvalue weighted by Gasteiger charge is 2.42. The number of hydrogen-bond donors (Lipinski definition) is 2. The van der Waals surface area contributed by atoms with Gasteiger partial charge in [-0.1, -0.05) is 0 Å². The van der Waals surface area contributed by atoms with Crippen LogP contribution in [0.3, 0.4) is 0 Å². The second-order valence-electron chi connectivity index (χ2n) is 5.93. The number of aliphatic hydroxyl groups is 1. The molecule has 1 aliphatic heterocycles. The molecule has 2 rings (SSSR count). The smallest absolute Gasteiger partial charge is 0.0436 e. The van der Waals surface area contributed by atoms with Gasteiger partial charge in [0.15, 0.2) is 0 Å². The van der Waals surface area contributed by atoms with Gasteiger partial charge in [-0.3, -0.25) is 4.90 Å². The Morgan fingerprint density at radius 2 is 2.19 bits per heavy atom. The summed E-state index contributed by atoms with van der Waals surface area (Å²) in [5, 5.41) is 12.7. The van der Waals surface area contributed by atoms with Gasteiger partial charge >= 0.3 is 0 Å². The summed E-state index contributed by atoms with van der Waals surface area (Å²) < 4.78 is 0. The lowest BCUT2D eigenvalue weighted by Crippen LogP contribution is -2.38. The molecule has 0 bridgehead atoms. The number of likely N-dealkylation sites (tertiary alicyclic amines) is 1.